The molecule has 0 bridgehead atoms. The normalized spacial score (nSPS) is 16.3. The van der Waals surface area contributed by atoms with Crippen molar-refractivity contribution in [3.05, 3.63) is 23.8 Å². The monoisotopic (exact) mass is 261 g/mol. The van der Waals surface area contributed by atoms with E-state index in [0.717, 1.165) is 12.0 Å². The molecule has 3 heteroatoms. The highest BCUT2D eigenvalue weighted by Gasteiger charge is 2.15. The molecule has 1 aliphatic carbocycles. The van der Waals surface area contributed by atoms with E-state index in [1.54, 1.807) is 12.1 Å². The second kappa shape index (κ2) is 6.60. The molecule has 2 rings (SSSR count). The van der Waals surface area contributed by atoms with E-state index in [0.29, 0.717) is 18.0 Å². The Hall–Kier alpha value is -1.51. The van der Waals surface area contributed by atoms with Crippen molar-refractivity contribution in [1.82, 2.24) is 0 Å². The summed E-state index contributed by atoms with van der Waals surface area (Å²) in [5.74, 6) is 0.863. The molecule has 0 aliphatic heterocycles. The van der Waals surface area contributed by atoms with Gasteiger partial charge in [0.15, 0.2) is 0 Å². The van der Waals surface area contributed by atoms with Gasteiger partial charge >= 0.3 is 0 Å². The SMILES string of the molecule is Cc1ccc(NC(=O)CCC2CCCCC2)c(O)c1. The third-order valence-corrected chi connectivity index (χ3v) is 3.93. The standard InChI is InChI=1S/C16H23NO2/c1-12-7-9-14(15(18)11-12)17-16(19)10-8-13-5-3-2-4-6-13/h7,9,11,13,18H,2-6,8,10H2,1H3,(H,17,19). The fourth-order valence-electron chi connectivity index (χ4n) is 2.77. The van der Waals surface area contributed by atoms with Crippen molar-refractivity contribution in [3.8, 4) is 5.75 Å². The van der Waals surface area contributed by atoms with Gasteiger partial charge in [-0.1, -0.05) is 38.2 Å². The number of benzene rings is 1. The summed E-state index contributed by atoms with van der Waals surface area (Å²) >= 11 is 0. The van der Waals surface area contributed by atoms with Crippen molar-refractivity contribution >= 4 is 11.6 Å². The Morgan fingerprint density at radius 3 is 2.74 bits per heavy atom. The fraction of sp³-hybridized carbons (Fsp3) is 0.562. The molecule has 0 saturated heterocycles. The van der Waals surface area contributed by atoms with E-state index in [1.807, 2.05) is 13.0 Å². The van der Waals surface area contributed by atoms with E-state index >= 15 is 0 Å². The first-order valence-corrected chi connectivity index (χ1v) is 7.24. The van der Waals surface area contributed by atoms with Crippen LogP contribution in [0.25, 0.3) is 0 Å². The van der Waals surface area contributed by atoms with Crippen molar-refractivity contribution in [1.29, 1.82) is 0 Å². The van der Waals surface area contributed by atoms with Crippen LogP contribution in [0.1, 0.15) is 50.5 Å². The Kier molecular flexibility index (Phi) is 4.83. The number of carbonyl (C=O) groups excluding carboxylic acids is 1. The minimum Gasteiger partial charge on any atom is -0.506 e. The molecule has 1 saturated carbocycles. The predicted octanol–water partition coefficient (Wildman–Crippen LogP) is 4.00. The van der Waals surface area contributed by atoms with Gasteiger partial charge in [0, 0.05) is 6.42 Å². The number of amides is 1. The summed E-state index contributed by atoms with van der Waals surface area (Å²) in [6, 6.07) is 5.30. The van der Waals surface area contributed by atoms with Crippen LogP contribution in [-0.2, 0) is 4.79 Å². The molecular formula is C16H23NO2. The lowest BCUT2D eigenvalue weighted by molar-refractivity contribution is -0.116. The van der Waals surface area contributed by atoms with Gasteiger partial charge < -0.3 is 10.4 Å². The van der Waals surface area contributed by atoms with E-state index in [-0.39, 0.29) is 11.7 Å². The highest BCUT2D eigenvalue weighted by atomic mass is 16.3. The lowest BCUT2D eigenvalue weighted by Gasteiger charge is -2.21. The number of phenols is 1. The lowest BCUT2D eigenvalue weighted by Crippen LogP contribution is -2.14. The Bertz CT molecular complexity index is 436. The third-order valence-electron chi connectivity index (χ3n) is 3.93. The summed E-state index contributed by atoms with van der Waals surface area (Å²) < 4.78 is 0. The van der Waals surface area contributed by atoms with E-state index in [9.17, 15) is 9.90 Å². The van der Waals surface area contributed by atoms with Crippen LogP contribution in [0.5, 0.6) is 5.75 Å². The third kappa shape index (κ3) is 4.27. The molecule has 1 aromatic carbocycles. The maximum absolute atomic E-state index is 11.9. The molecule has 2 N–H and O–H groups in total. The molecule has 104 valence electrons. The summed E-state index contributed by atoms with van der Waals surface area (Å²) in [5.41, 5.74) is 1.50. The number of hydrogen-bond donors (Lipinski definition) is 2. The summed E-state index contributed by atoms with van der Waals surface area (Å²) in [4.78, 5) is 11.9. The van der Waals surface area contributed by atoms with Crippen molar-refractivity contribution in [2.75, 3.05) is 5.32 Å². The minimum atomic E-state index is 0.00438. The van der Waals surface area contributed by atoms with Crippen molar-refractivity contribution < 1.29 is 9.90 Å². The predicted molar refractivity (Wildman–Crippen MR) is 77.3 cm³/mol. The highest BCUT2D eigenvalue weighted by Crippen LogP contribution is 2.28. The fourth-order valence-corrected chi connectivity index (χ4v) is 2.77. The molecule has 0 unspecified atom stereocenters. The molecule has 0 atom stereocenters. The lowest BCUT2D eigenvalue weighted by atomic mass is 9.86. The van der Waals surface area contributed by atoms with Crippen LogP contribution in [-0.4, -0.2) is 11.0 Å². The van der Waals surface area contributed by atoms with Crippen LogP contribution in [0.3, 0.4) is 0 Å². The Morgan fingerprint density at radius 1 is 1.32 bits per heavy atom. The number of hydrogen-bond acceptors (Lipinski definition) is 2. The first kappa shape index (κ1) is 13.9. The van der Waals surface area contributed by atoms with Gasteiger partial charge in [-0.3, -0.25) is 4.79 Å². The van der Waals surface area contributed by atoms with Gasteiger partial charge in [0.2, 0.25) is 5.91 Å². The van der Waals surface area contributed by atoms with E-state index in [2.05, 4.69) is 5.32 Å². The van der Waals surface area contributed by atoms with E-state index in [4.69, 9.17) is 0 Å². The van der Waals surface area contributed by atoms with Gasteiger partial charge in [-0.25, -0.2) is 0 Å². The van der Waals surface area contributed by atoms with Gasteiger partial charge in [0.25, 0.3) is 0 Å². The zero-order chi connectivity index (χ0) is 13.7. The molecular weight excluding hydrogens is 238 g/mol. The summed E-state index contributed by atoms with van der Waals surface area (Å²) in [7, 11) is 0. The van der Waals surface area contributed by atoms with E-state index < -0.39 is 0 Å². The maximum atomic E-state index is 11.9. The van der Waals surface area contributed by atoms with Gasteiger partial charge in [-0.05, 0) is 37.0 Å². The average Bonchev–Trinajstić information content (AvgIpc) is 2.41. The minimum absolute atomic E-state index is 0.00438. The topological polar surface area (TPSA) is 49.3 Å². The van der Waals surface area contributed by atoms with Crippen LogP contribution in [0.15, 0.2) is 18.2 Å². The zero-order valence-corrected chi connectivity index (χ0v) is 11.6. The Morgan fingerprint density at radius 2 is 2.05 bits per heavy atom. The smallest absolute Gasteiger partial charge is 0.224 e. The van der Waals surface area contributed by atoms with Crippen molar-refractivity contribution in [2.45, 2.75) is 51.9 Å². The first-order valence-electron chi connectivity index (χ1n) is 7.24. The first-order chi connectivity index (χ1) is 9.15. The Balaban J connectivity index is 1.80. The number of aromatic hydroxyl groups is 1. The molecule has 1 aromatic rings. The summed E-state index contributed by atoms with van der Waals surface area (Å²) in [5, 5.41) is 12.5. The molecule has 0 heterocycles. The molecule has 1 amide bonds. The van der Waals surface area contributed by atoms with Crippen LogP contribution in [0.4, 0.5) is 5.69 Å². The quantitative estimate of drug-likeness (QED) is 0.805. The second-order valence-corrected chi connectivity index (χ2v) is 5.61. The molecule has 1 fully saturated rings. The van der Waals surface area contributed by atoms with Crippen molar-refractivity contribution in [2.24, 2.45) is 5.92 Å². The number of carbonyl (C=O) groups is 1. The van der Waals surface area contributed by atoms with Crippen LogP contribution in [0, 0.1) is 12.8 Å². The largest absolute Gasteiger partial charge is 0.506 e. The molecule has 19 heavy (non-hydrogen) atoms. The van der Waals surface area contributed by atoms with Crippen LogP contribution in [0.2, 0.25) is 0 Å². The molecule has 0 aromatic heterocycles. The van der Waals surface area contributed by atoms with Crippen LogP contribution >= 0.6 is 0 Å². The number of nitrogens with one attached hydrogen (secondary N) is 1. The summed E-state index contributed by atoms with van der Waals surface area (Å²) in [6.45, 7) is 1.91. The van der Waals surface area contributed by atoms with Gasteiger partial charge in [0.05, 0.1) is 5.69 Å². The van der Waals surface area contributed by atoms with Crippen LogP contribution < -0.4 is 5.32 Å². The summed E-state index contributed by atoms with van der Waals surface area (Å²) in [6.07, 6.45) is 8.03. The number of phenolic OH excluding ortho intramolecular Hbond substituents is 1. The average molecular weight is 261 g/mol. The van der Waals surface area contributed by atoms with Gasteiger partial charge in [-0.15, -0.1) is 0 Å². The highest BCUT2D eigenvalue weighted by molar-refractivity contribution is 5.92. The zero-order valence-electron chi connectivity index (χ0n) is 11.6. The van der Waals surface area contributed by atoms with Gasteiger partial charge in [0.1, 0.15) is 5.75 Å². The number of rotatable bonds is 4. The molecule has 0 spiro atoms. The Labute approximate surface area is 115 Å². The molecule has 1 aliphatic rings. The molecule has 0 radical (unpaired) electrons. The van der Waals surface area contributed by atoms with Crippen molar-refractivity contribution in [3.63, 3.8) is 0 Å². The van der Waals surface area contributed by atoms with E-state index in [1.165, 1.54) is 32.1 Å². The second-order valence-electron chi connectivity index (χ2n) is 5.61. The molecule has 3 nitrogen and oxygen atoms in total. The van der Waals surface area contributed by atoms with Gasteiger partial charge in [-0.2, -0.15) is 0 Å². The number of anilines is 1. The maximum Gasteiger partial charge on any atom is 0.224 e. The number of aryl methyl sites for hydroxylation is 1.